The zero-order valence-corrected chi connectivity index (χ0v) is 19.1. The second kappa shape index (κ2) is 7.68. The van der Waals surface area contributed by atoms with Crippen molar-refractivity contribution in [2.45, 2.75) is 23.2 Å². The van der Waals surface area contributed by atoms with Crippen LogP contribution in [0.4, 0.5) is 5.82 Å². The third kappa shape index (κ3) is 3.87. The van der Waals surface area contributed by atoms with E-state index in [1.54, 1.807) is 29.2 Å². The van der Waals surface area contributed by atoms with Crippen LogP contribution in [0.2, 0.25) is 5.02 Å². The fourth-order valence-corrected chi connectivity index (χ4v) is 7.49. The molecule has 0 unspecified atom stereocenters. The van der Waals surface area contributed by atoms with Gasteiger partial charge in [0.1, 0.15) is 27.2 Å². The average Bonchev–Trinajstić information content (AvgIpc) is 3.41. The maximum Gasteiger partial charge on any atom is 0.250 e. The third-order valence-corrected chi connectivity index (χ3v) is 9.38. The first-order chi connectivity index (χ1) is 14.8. The number of rotatable bonds is 5. The van der Waals surface area contributed by atoms with Gasteiger partial charge in [-0.25, -0.2) is 18.4 Å². The number of nitrogen functional groups attached to an aromatic ring is 1. The molecule has 1 atom stereocenters. The minimum Gasteiger partial charge on any atom is -0.383 e. The highest BCUT2D eigenvalue weighted by molar-refractivity contribution is 7.91. The van der Waals surface area contributed by atoms with E-state index < -0.39 is 16.1 Å². The number of halogens is 1. The van der Waals surface area contributed by atoms with Crippen molar-refractivity contribution < 1.29 is 13.2 Å². The smallest absolute Gasteiger partial charge is 0.250 e. The molecule has 0 radical (unpaired) electrons. The van der Waals surface area contributed by atoms with Gasteiger partial charge < -0.3 is 10.6 Å². The number of aromatic nitrogens is 2. The Hall–Kier alpha value is -2.31. The number of amides is 1. The van der Waals surface area contributed by atoms with E-state index in [-0.39, 0.29) is 10.1 Å². The van der Waals surface area contributed by atoms with E-state index in [0.717, 1.165) is 36.5 Å². The number of fused-ring (bicyclic) bond motifs is 2. The average molecular weight is 494 g/mol. The van der Waals surface area contributed by atoms with Crippen LogP contribution >= 0.6 is 34.3 Å². The molecule has 1 amide bonds. The van der Waals surface area contributed by atoms with Gasteiger partial charge in [-0.2, -0.15) is 4.72 Å². The molecule has 1 aromatic carbocycles. The van der Waals surface area contributed by atoms with Crippen LogP contribution in [0.3, 0.4) is 0 Å². The normalized spacial score (nSPS) is 17.3. The monoisotopic (exact) mass is 493 g/mol. The summed E-state index contributed by atoms with van der Waals surface area (Å²) < 4.78 is 29.3. The van der Waals surface area contributed by atoms with Crippen LogP contribution in [-0.4, -0.2) is 41.8 Å². The number of sulfonamides is 1. The van der Waals surface area contributed by atoms with Crippen molar-refractivity contribution >= 4 is 76.3 Å². The number of carbonyl (C=O) groups is 1. The Morgan fingerprint density at radius 1 is 1.23 bits per heavy atom. The standard InChI is InChI=1S/C19H16ClN5O3S3/c20-11-2-1-10-5-16(30-15(10)6-11)31(27,28)24-14-3-4-25(19(14)26)8-12-7-13-17(21)22-9-23-18(13)29-12/h1-2,5-7,9,14,24H,3-4,8H2,(H2,21,22,23)/t14-/m0/s1. The number of hydrogen-bond acceptors (Lipinski definition) is 8. The highest BCUT2D eigenvalue weighted by Gasteiger charge is 2.35. The van der Waals surface area contributed by atoms with E-state index in [2.05, 4.69) is 14.7 Å². The number of likely N-dealkylation sites (tertiary alicyclic amines) is 1. The van der Waals surface area contributed by atoms with Gasteiger partial charge in [0, 0.05) is 21.1 Å². The first kappa shape index (κ1) is 20.6. The van der Waals surface area contributed by atoms with Crippen molar-refractivity contribution in [1.82, 2.24) is 19.6 Å². The molecule has 1 aliphatic heterocycles. The zero-order chi connectivity index (χ0) is 21.8. The Balaban J connectivity index is 1.32. The van der Waals surface area contributed by atoms with E-state index in [1.807, 2.05) is 6.07 Å². The van der Waals surface area contributed by atoms with Gasteiger partial charge in [0.15, 0.2) is 0 Å². The molecule has 1 saturated heterocycles. The lowest BCUT2D eigenvalue weighted by Crippen LogP contribution is -2.40. The summed E-state index contributed by atoms with van der Waals surface area (Å²) >= 11 is 8.56. The molecular formula is C19H16ClN5O3S3. The Morgan fingerprint density at radius 3 is 2.87 bits per heavy atom. The maximum atomic E-state index is 12.9. The van der Waals surface area contributed by atoms with E-state index in [1.165, 1.54) is 17.7 Å². The Bertz CT molecular complexity index is 1430. The highest BCUT2D eigenvalue weighted by atomic mass is 35.5. The van der Waals surface area contributed by atoms with Crippen LogP contribution < -0.4 is 10.5 Å². The molecule has 1 fully saturated rings. The van der Waals surface area contributed by atoms with Crippen molar-refractivity contribution in [1.29, 1.82) is 0 Å². The molecule has 0 bridgehead atoms. The van der Waals surface area contributed by atoms with E-state index in [0.29, 0.717) is 30.4 Å². The number of carbonyl (C=O) groups excluding carboxylic acids is 1. The molecule has 4 aromatic rings. The molecule has 4 heterocycles. The lowest BCUT2D eigenvalue weighted by molar-refractivity contribution is -0.129. The Labute approximate surface area is 190 Å². The molecule has 12 heteroatoms. The number of hydrogen-bond donors (Lipinski definition) is 2. The first-order valence-electron chi connectivity index (χ1n) is 9.29. The van der Waals surface area contributed by atoms with Crippen LogP contribution in [-0.2, 0) is 21.4 Å². The van der Waals surface area contributed by atoms with Gasteiger partial charge in [0.05, 0.1) is 11.9 Å². The van der Waals surface area contributed by atoms with Gasteiger partial charge in [-0.1, -0.05) is 17.7 Å². The van der Waals surface area contributed by atoms with Crippen molar-refractivity contribution in [2.75, 3.05) is 12.3 Å². The molecule has 31 heavy (non-hydrogen) atoms. The summed E-state index contributed by atoms with van der Waals surface area (Å²) in [5.74, 6) is 0.153. The number of thiophene rings is 2. The Kier molecular flexibility index (Phi) is 5.10. The number of benzene rings is 1. The Morgan fingerprint density at radius 2 is 2.06 bits per heavy atom. The minimum atomic E-state index is -3.83. The number of nitrogens with one attached hydrogen (secondary N) is 1. The highest BCUT2D eigenvalue weighted by Crippen LogP contribution is 2.32. The van der Waals surface area contributed by atoms with Gasteiger partial charge in [0.25, 0.3) is 10.0 Å². The second-order valence-corrected chi connectivity index (χ2v) is 11.7. The fraction of sp³-hybridized carbons (Fsp3) is 0.211. The van der Waals surface area contributed by atoms with Crippen LogP contribution in [0.1, 0.15) is 11.3 Å². The maximum absolute atomic E-state index is 12.9. The summed E-state index contributed by atoms with van der Waals surface area (Å²) in [6.07, 6.45) is 1.81. The summed E-state index contributed by atoms with van der Waals surface area (Å²) in [6, 6.07) is 7.90. The van der Waals surface area contributed by atoms with Crippen molar-refractivity contribution in [3.8, 4) is 0 Å². The SMILES string of the molecule is Nc1ncnc2sc(CN3CC[C@H](NS(=O)(=O)c4cc5ccc(Cl)cc5s4)C3=O)cc12. The molecule has 3 N–H and O–H groups in total. The predicted octanol–water partition coefficient (Wildman–Crippen LogP) is 3.22. The second-order valence-electron chi connectivity index (χ2n) is 7.16. The van der Waals surface area contributed by atoms with E-state index in [9.17, 15) is 13.2 Å². The van der Waals surface area contributed by atoms with Crippen LogP contribution in [0.5, 0.6) is 0 Å². The molecule has 0 spiro atoms. The summed E-state index contributed by atoms with van der Waals surface area (Å²) in [5.41, 5.74) is 5.88. The molecule has 8 nitrogen and oxygen atoms in total. The summed E-state index contributed by atoms with van der Waals surface area (Å²) in [6.45, 7) is 0.836. The van der Waals surface area contributed by atoms with Crippen molar-refractivity contribution in [2.24, 2.45) is 0 Å². The van der Waals surface area contributed by atoms with E-state index >= 15 is 0 Å². The predicted molar refractivity (Wildman–Crippen MR) is 123 cm³/mol. The van der Waals surface area contributed by atoms with Gasteiger partial charge in [0.2, 0.25) is 5.91 Å². The first-order valence-corrected chi connectivity index (χ1v) is 12.8. The number of nitrogens with two attached hydrogens (primary N) is 1. The molecular weight excluding hydrogens is 478 g/mol. The van der Waals surface area contributed by atoms with Gasteiger partial charge in [-0.05, 0) is 36.1 Å². The molecule has 5 rings (SSSR count). The number of nitrogens with zero attached hydrogens (tertiary/aromatic N) is 3. The third-order valence-electron chi connectivity index (χ3n) is 5.08. The van der Waals surface area contributed by atoms with Crippen LogP contribution in [0.15, 0.2) is 40.9 Å². The lowest BCUT2D eigenvalue weighted by atomic mass is 10.3. The van der Waals surface area contributed by atoms with Crippen molar-refractivity contribution in [3.05, 3.63) is 46.6 Å². The molecule has 0 saturated carbocycles. The summed E-state index contributed by atoms with van der Waals surface area (Å²) in [7, 11) is -3.83. The largest absolute Gasteiger partial charge is 0.383 e. The molecule has 3 aromatic heterocycles. The molecule has 0 aliphatic carbocycles. The van der Waals surface area contributed by atoms with E-state index in [4.69, 9.17) is 17.3 Å². The lowest BCUT2D eigenvalue weighted by Gasteiger charge is -2.16. The topological polar surface area (TPSA) is 118 Å². The van der Waals surface area contributed by atoms with Gasteiger partial charge in [-0.3, -0.25) is 4.79 Å². The number of anilines is 1. The molecule has 160 valence electrons. The van der Waals surface area contributed by atoms with Crippen molar-refractivity contribution in [3.63, 3.8) is 0 Å². The summed E-state index contributed by atoms with van der Waals surface area (Å²) in [4.78, 5) is 24.4. The van der Waals surface area contributed by atoms with Crippen LogP contribution in [0.25, 0.3) is 20.3 Å². The fourth-order valence-electron chi connectivity index (χ4n) is 3.55. The summed E-state index contributed by atoms with van der Waals surface area (Å²) in [5, 5.41) is 2.10. The zero-order valence-electron chi connectivity index (χ0n) is 15.9. The quantitative estimate of drug-likeness (QED) is 0.440. The van der Waals surface area contributed by atoms with Crippen LogP contribution in [0, 0.1) is 0 Å². The molecule has 1 aliphatic rings. The minimum absolute atomic E-state index is 0.162. The van der Waals surface area contributed by atoms with Gasteiger partial charge >= 0.3 is 0 Å². The van der Waals surface area contributed by atoms with Gasteiger partial charge in [-0.15, -0.1) is 22.7 Å².